The quantitative estimate of drug-likeness (QED) is 0.215. The van der Waals surface area contributed by atoms with Crippen LogP contribution < -0.4 is 0 Å². The number of rotatable bonds is 18. The monoisotopic (exact) mass is 510 g/mol. The minimum atomic E-state index is -0.534. The van der Waals surface area contributed by atoms with Crippen LogP contribution >= 0.6 is 0 Å². The van der Waals surface area contributed by atoms with Crippen LogP contribution in [0.2, 0.25) is 0 Å². The summed E-state index contributed by atoms with van der Waals surface area (Å²) in [7, 11) is 0. The molecule has 3 rings (SSSR count). The Hall–Kier alpha value is -2.08. The Bertz CT molecular complexity index is 755. The van der Waals surface area contributed by atoms with Gasteiger partial charge in [-0.05, 0) is 18.2 Å². The summed E-state index contributed by atoms with van der Waals surface area (Å²) in [5.74, 6) is -1.07. The average Bonchev–Trinajstić information content (AvgIpc) is 2.84. The van der Waals surface area contributed by atoms with Gasteiger partial charge in [-0.2, -0.15) is 0 Å². The molecule has 2 aliphatic rings. The molecule has 0 radical (unpaired) electrons. The van der Waals surface area contributed by atoms with Crippen molar-refractivity contribution in [2.75, 3.05) is 92.5 Å². The standard InChI is InChI=1S/C26H38O10/c1-25(17-33-18-25)15-31-8-6-29-10-12-35-23(27)21-4-3-5-22(14-21)24(28)36-13-11-30-7-9-32-16-26(2)19-34-20-26/h3-5,14H,6-13,15-20H2,1-2H3. The second-order valence-corrected chi connectivity index (χ2v) is 9.79. The summed E-state index contributed by atoms with van der Waals surface area (Å²) in [6.07, 6.45) is 0. The van der Waals surface area contributed by atoms with Crippen molar-refractivity contribution in [1.29, 1.82) is 0 Å². The topological polar surface area (TPSA) is 108 Å². The van der Waals surface area contributed by atoms with Gasteiger partial charge in [0.15, 0.2) is 0 Å². The van der Waals surface area contributed by atoms with Crippen LogP contribution in [0.3, 0.4) is 0 Å². The molecule has 0 unspecified atom stereocenters. The largest absolute Gasteiger partial charge is 0.460 e. The maximum absolute atomic E-state index is 12.3. The molecule has 0 amide bonds. The Morgan fingerprint density at radius 3 is 1.44 bits per heavy atom. The van der Waals surface area contributed by atoms with Gasteiger partial charge in [-0.25, -0.2) is 9.59 Å². The predicted octanol–water partition coefficient (Wildman–Crippen LogP) is 2.14. The molecule has 10 heteroatoms. The number of carbonyl (C=O) groups excluding carboxylic acids is 2. The third kappa shape index (κ3) is 9.76. The van der Waals surface area contributed by atoms with Crippen LogP contribution in [0.4, 0.5) is 0 Å². The lowest BCUT2D eigenvalue weighted by molar-refractivity contribution is -0.141. The van der Waals surface area contributed by atoms with Gasteiger partial charge in [0, 0.05) is 10.8 Å². The van der Waals surface area contributed by atoms with E-state index in [-0.39, 0.29) is 48.4 Å². The number of benzene rings is 1. The van der Waals surface area contributed by atoms with Crippen molar-refractivity contribution in [2.24, 2.45) is 10.8 Å². The zero-order chi connectivity index (χ0) is 25.7. The molecule has 0 aliphatic carbocycles. The minimum absolute atomic E-state index is 0.104. The normalized spacial score (nSPS) is 17.6. The van der Waals surface area contributed by atoms with E-state index >= 15 is 0 Å². The van der Waals surface area contributed by atoms with E-state index in [0.29, 0.717) is 39.6 Å². The van der Waals surface area contributed by atoms with Gasteiger partial charge in [0.2, 0.25) is 0 Å². The van der Waals surface area contributed by atoms with Gasteiger partial charge >= 0.3 is 11.9 Å². The van der Waals surface area contributed by atoms with E-state index in [0.717, 1.165) is 26.4 Å². The number of hydrogen-bond donors (Lipinski definition) is 0. The molecule has 0 aromatic heterocycles. The van der Waals surface area contributed by atoms with Gasteiger partial charge in [0.25, 0.3) is 0 Å². The summed E-state index contributed by atoms with van der Waals surface area (Å²) < 4.78 is 42.8. The van der Waals surface area contributed by atoms with Crippen molar-refractivity contribution in [1.82, 2.24) is 0 Å². The second-order valence-electron chi connectivity index (χ2n) is 9.79. The van der Waals surface area contributed by atoms with Crippen molar-refractivity contribution in [3.05, 3.63) is 35.4 Å². The van der Waals surface area contributed by atoms with E-state index < -0.39 is 11.9 Å². The van der Waals surface area contributed by atoms with Crippen molar-refractivity contribution >= 4 is 11.9 Å². The number of hydrogen-bond acceptors (Lipinski definition) is 10. The first-order chi connectivity index (χ1) is 17.4. The van der Waals surface area contributed by atoms with Crippen LogP contribution in [0.5, 0.6) is 0 Å². The first-order valence-corrected chi connectivity index (χ1v) is 12.3. The van der Waals surface area contributed by atoms with Crippen molar-refractivity contribution in [2.45, 2.75) is 13.8 Å². The van der Waals surface area contributed by atoms with Crippen molar-refractivity contribution in [3.63, 3.8) is 0 Å². The van der Waals surface area contributed by atoms with E-state index in [2.05, 4.69) is 13.8 Å². The molecule has 0 saturated carbocycles. The summed E-state index contributed by atoms with van der Waals surface area (Å²) in [5.41, 5.74) is 0.762. The van der Waals surface area contributed by atoms with Gasteiger partial charge in [0.1, 0.15) is 13.2 Å². The van der Waals surface area contributed by atoms with Gasteiger partial charge in [-0.3, -0.25) is 0 Å². The fourth-order valence-electron chi connectivity index (χ4n) is 3.47. The highest BCUT2D eigenvalue weighted by atomic mass is 16.6. The molecule has 202 valence electrons. The Morgan fingerprint density at radius 1 is 0.667 bits per heavy atom. The van der Waals surface area contributed by atoms with Crippen LogP contribution in [-0.4, -0.2) is 104 Å². The van der Waals surface area contributed by atoms with E-state index in [1.54, 1.807) is 18.2 Å². The Morgan fingerprint density at radius 2 is 1.06 bits per heavy atom. The van der Waals surface area contributed by atoms with Gasteiger partial charge < -0.3 is 37.9 Å². The SMILES string of the molecule is CC1(COCCOCCOC(=O)c2cccc(C(=O)OCCOCCOCC3(C)COC3)c2)COC1. The molecule has 10 nitrogen and oxygen atoms in total. The third-order valence-electron chi connectivity index (χ3n) is 5.70. The highest BCUT2D eigenvalue weighted by molar-refractivity contribution is 5.95. The highest BCUT2D eigenvalue weighted by Crippen LogP contribution is 2.27. The Balaban J connectivity index is 1.20. The van der Waals surface area contributed by atoms with E-state index in [4.69, 9.17) is 37.9 Å². The van der Waals surface area contributed by atoms with Gasteiger partial charge in [-0.15, -0.1) is 0 Å². The van der Waals surface area contributed by atoms with Crippen LogP contribution in [0, 0.1) is 10.8 Å². The molecule has 2 aliphatic heterocycles. The molecule has 2 heterocycles. The predicted molar refractivity (Wildman–Crippen MR) is 128 cm³/mol. The lowest BCUT2D eigenvalue weighted by Crippen LogP contribution is -2.43. The second kappa shape index (κ2) is 14.6. The van der Waals surface area contributed by atoms with E-state index in [1.165, 1.54) is 6.07 Å². The zero-order valence-corrected chi connectivity index (χ0v) is 21.3. The summed E-state index contributed by atoms with van der Waals surface area (Å²) in [4.78, 5) is 24.5. The Kier molecular flexibility index (Phi) is 11.6. The third-order valence-corrected chi connectivity index (χ3v) is 5.70. The molecular formula is C26H38O10. The average molecular weight is 511 g/mol. The molecule has 36 heavy (non-hydrogen) atoms. The fraction of sp³-hybridized carbons (Fsp3) is 0.692. The molecule has 0 bridgehead atoms. The van der Waals surface area contributed by atoms with Gasteiger partial charge in [0.05, 0.1) is 90.4 Å². The maximum Gasteiger partial charge on any atom is 0.338 e. The summed E-state index contributed by atoms with van der Waals surface area (Å²) in [6.45, 7) is 10.9. The fourth-order valence-corrected chi connectivity index (χ4v) is 3.47. The number of ether oxygens (including phenoxy) is 8. The van der Waals surface area contributed by atoms with Crippen LogP contribution in [-0.2, 0) is 37.9 Å². The summed E-state index contributed by atoms with van der Waals surface area (Å²) >= 11 is 0. The molecule has 0 atom stereocenters. The molecule has 2 saturated heterocycles. The molecule has 0 N–H and O–H groups in total. The van der Waals surface area contributed by atoms with Crippen LogP contribution in [0.25, 0.3) is 0 Å². The lowest BCUT2D eigenvalue weighted by Gasteiger charge is -2.37. The van der Waals surface area contributed by atoms with Crippen LogP contribution in [0.1, 0.15) is 34.6 Å². The number of esters is 2. The molecule has 1 aromatic rings. The zero-order valence-electron chi connectivity index (χ0n) is 21.3. The summed E-state index contributed by atoms with van der Waals surface area (Å²) in [6, 6.07) is 6.22. The Labute approximate surface area is 212 Å². The van der Waals surface area contributed by atoms with Crippen LogP contribution in [0.15, 0.2) is 24.3 Å². The first-order valence-electron chi connectivity index (χ1n) is 12.3. The smallest absolute Gasteiger partial charge is 0.338 e. The highest BCUT2D eigenvalue weighted by Gasteiger charge is 2.34. The maximum atomic E-state index is 12.3. The summed E-state index contributed by atoms with van der Waals surface area (Å²) in [5, 5.41) is 0. The molecule has 0 spiro atoms. The minimum Gasteiger partial charge on any atom is -0.460 e. The number of carbonyl (C=O) groups is 2. The lowest BCUT2D eigenvalue weighted by atomic mass is 9.90. The van der Waals surface area contributed by atoms with E-state index in [1.807, 2.05) is 0 Å². The van der Waals surface area contributed by atoms with E-state index in [9.17, 15) is 9.59 Å². The molecule has 1 aromatic carbocycles. The van der Waals surface area contributed by atoms with Gasteiger partial charge in [-0.1, -0.05) is 19.9 Å². The van der Waals surface area contributed by atoms with Crippen molar-refractivity contribution in [3.8, 4) is 0 Å². The molecule has 2 fully saturated rings. The first kappa shape index (κ1) is 28.5. The molecular weight excluding hydrogens is 472 g/mol. The van der Waals surface area contributed by atoms with Crippen molar-refractivity contribution < 1.29 is 47.5 Å².